The van der Waals surface area contributed by atoms with Crippen LogP contribution >= 0.6 is 0 Å². The monoisotopic (exact) mass is 398 g/mol. The van der Waals surface area contributed by atoms with Gasteiger partial charge in [-0.25, -0.2) is 4.79 Å². The number of nitrogens with two attached hydrogens (primary N) is 1. The summed E-state index contributed by atoms with van der Waals surface area (Å²) < 4.78 is 10.5. The van der Waals surface area contributed by atoms with E-state index >= 15 is 0 Å². The topological polar surface area (TPSA) is 108 Å². The number of rotatable bonds is 11. The normalized spacial score (nSPS) is 11.3. The lowest BCUT2D eigenvalue weighted by Crippen LogP contribution is -2.42. The zero-order chi connectivity index (χ0) is 20.9. The minimum absolute atomic E-state index is 0.0269. The van der Waals surface area contributed by atoms with Gasteiger partial charge in [0.05, 0.1) is 0 Å². The van der Waals surface area contributed by atoms with Gasteiger partial charge in [0.25, 0.3) is 0 Å². The largest absolute Gasteiger partial charge is 0.461 e. The smallest absolute Gasteiger partial charge is 0.328 e. The van der Waals surface area contributed by atoms with Crippen molar-refractivity contribution in [3.63, 3.8) is 0 Å². The molecule has 0 radical (unpaired) electrons. The van der Waals surface area contributed by atoms with E-state index in [4.69, 9.17) is 15.2 Å². The molecule has 1 atom stereocenters. The van der Waals surface area contributed by atoms with Crippen LogP contribution < -0.4 is 11.1 Å². The molecule has 0 aliphatic rings. The van der Waals surface area contributed by atoms with Gasteiger partial charge >= 0.3 is 11.9 Å². The Kier molecular flexibility index (Phi) is 9.38. The lowest BCUT2D eigenvalue weighted by atomic mass is 10.1. The highest BCUT2D eigenvalue weighted by Gasteiger charge is 2.23. The summed E-state index contributed by atoms with van der Waals surface area (Å²) >= 11 is 0. The minimum Gasteiger partial charge on any atom is -0.461 e. The highest BCUT2D eigenvalue weighted by molar-refractivity contribution is 5.85. The average molecular weight is 398 g/mol. The maximum absolute atomic E-state index is 12.4. The summed E-state index contributed by atoms with van der Waals surface area (Å²) in [5.41, 5.74) is 7.08. The first-order valence-corrected chi connectivity index (χ1v) is 9.48. The first-order valence-electron chi connectivity index (χ1n) is 9.48. The van der Waals surface area contributed by atoms with E-state index in [0.29, 0.717) is 0 Å². The fraction of sp³-hybridized carbons (Fsp3) is 0.318. The molecule has 7 heteroatoms. The van der Waals surface area contributed by atoms with Gasteiger partial charge in [0, 0.05) is 19.4 Å². The summed E-state index contributed by atoms with van der Waals surface area (Å²) in [6.45, 7) is 0.403. The van der Waals surface area contributed by atoms with Gasteiger partial charge in [0.2, 0.25) is 5.91 Å². The highest BCUT2D eigenvalue weighted by atomic mass is 16.5. The summed E-state index contributed by atoms with van der Waals surface area (Å²) in [6, 6.07) is 17.6. The Morgan fingerprint density at radius 1 is 0.828 bits per heavy atom. The van der Waals surface area contributed by atoms with Gasteiger partial charge in [0.15, 0.2) is 0 Å². The first kappa shape index (κ1) is 22.1. The Morgan fingerprint density at radius 2 is 1.38 bits per heavy atom. The van der Waals surface area contributed by atoms with Crippen molar-refractivity contribution in [2.75, 3.05) is 6.54 Å². The van der Waals surface area contributed by atoms with Gasteiger partial charge in [-0.3, -0.25) is 9.59 Å². The molecule has 2 aromatic rings. The molecule has 1 unspecified atom stereocenters. The summed E-state index contributed by atoms with van der Waals surface area (Å²) in [6.07, 6.45) is 0.138. The molecule has 0 saturated heterocycles. The third-order valence-electron chi connectivity index (χ3n) is 4.09. The Hall–Kier alpha value is -3.19. The van der Waals surface area contributed by atoms with Crippen LogP contribution in [0.15, 0.2) is 60.7 Å². The zero-order valence-corrected chi connectivity index (χ0v) is 16.2. The van der Waals surface area contributed by atoms with E-state index in [9.17, 15) is 14.4 Å². The molecule has 0 aliphatic heterocycles. The van der Waals surface area contributed by atoms with E-state index in [1.807, 2.05) is 60.7 Å². The van der Waals surface area contributed by atoms with Gasteiger partial charge in [0.1, 0.15) is 19.3 Å². The van der Waals surface area contributed by atoms with Gasteiger partial charge in [-0.15, -0.1) is 0 Å². The van der Waals surface area contributed by atoms with Crippen LogP contribution in [0, 0.1) is 0 Å². The zero-order valence-electron chi connectivity index (χ0n) is 16.2. The standard InChI is InChI=1S/C22H26N2O5/c23-14-13-20(25)24-19(22(27)29-16-18-9-5-2-6-10-18)11-12-21(26)28-15-17-7-3-1-4-8-17/h1-10,19H,11-16,23H2,(H,24,25). The van der Waals surface area contributed by atoms with Crippen molar-refractivity contribution in [3.05, 3.63) is 71.8 Å². The van der Waals surface area contributed by atoms with Gasteiger partial charge < -0.3 is 20.5 Å². The van der Waals surface area contributed by atoms with Gasteiger partial charge in [-0.2, -0.15) is 0 Å². The van der Waals surface area contributed by atoms with E-state index < -0.39 is 18.0 Å². The summed E-state index contributed by atoms with van der Waals surface area (Å²) in [5.74, 6) is -1.43. The van der Waals surface area contributed by atoms with Crippen molar-refractivity contribution in [1.82, 2.24) is 5.32 Å². The summed E-state index contributed by atoms with van der Waals surface area (Å²) in [5, 5.41) is 2.58. The first-order chi connectivity index (χ1) is 14.1. The van der Waals surface area contributed by atoms with Crippen LogP contribution in [-0.2, 0) is 37.1 Å². The van der Waals surface area contributed by atoms with Crippen molar-refractivity contribution in [3.8, 4) is 0 Å². The van der Waals surface area contributed by atoms with Crippen LogP contribution in [0.1, 0.15) is 30.4 Å². The number of ether oxygens (including phenoxy) is 2. The maximum atomic E-state index is 12.4. The molecule has 0 heterocycles. The number of nitrogens with one attached hydrogen (secondary N) is 1. The van der Waals surface area contributed by atoms with E-state index in [2.05, 4.69) is 5.32 Å². The van der Waals surface area contributed by atoms with Crippen molar-refractivity contribution in [2.45, 2.75) is 38.5 Å². The molecule has 2 aromatic carbocycles. The van der Waals surface area contributed by atoms with Crippen molar-refractivity contribution < 1.29 is 23.9 Å². The molecule has 0 fully saturated rings. The van der Waals surface area contributed by atoms with E-state index in [0.717, 1.165) is 11.1 Å². The second kappa shape index (κ2) is 12.3. The fourth-order valence-electron chi connectivity index (χ4n) is 2.55. The molecule has 0 spiro atoms. The summed E-state index contributed by atoms with van der Waals surface area (Å²) in [4.78, 5) is 36.3. The molecule has 2 rings (SSSR count). The van der Waals surface area contributed by atoms with Crippen LogP contribution in [0.25, 0.3) is 0 Å². The van der Waals surface area contributed by atoms with E-state index in [1.54, 1.807) is 0 Å². The summed E-state index contributed by atoms with van der Waals surface area (Å²) in [7, 11) is 0. The molecular weight excluding hydrogens is 372 g/mol. The van der Waals surface area contributed by atoms with Crippen molar-refractivity contribution >= 4 is 17.8 Å². The van der Waals surface area contributed by atoms with Crippen LogP contribution in [0.2, 0.25) is 0 Å². The molecule has 1 amide bonds. The number of carbonyl (C=O) groups excluding carboxylic acids is 3. The van der Waals surface area contributed by atoms with Crippen molar-refractivity contribution in [1.29, 1.82) is 0 Å². The van der Waals surface area contributed by atoms with Crippen LogP contribution in [0.3, 0.4) is 0 Å². The second-order valence-corrected chi connectivity index (χ2v) is 6.44. The van der Waals surface area contributed by atoms with E-state index in [-0.39, 0.29) is 44.9 Å². The number of hydrogen-bond donors (Lipinski definition) is 2. The Morgan fingerprint density at radius 3 is 1.93 bits per heavy atom. The lowest BCUT2D eigenvalue weighted by Gasteiger charge is -2.17. The number of esters is 2. The molecule has 0 bridgehead atoms. The molecular formula is C22H26N2O5. The number of hydrogen-bond acceptors (Lipinski definition) is 6. The quantitative estimate of drug-likeness (QED) is 0.561. The highest BCUT2D eigenvalue weighted by Crippen LogP contribution is 2.08. The van der Waals surface area contributed by atoms with Gasteiger partial charge in [-0.1, -0.05) is 60.7 Å². The Balaban J connectivity index is 1.85. The molecule has 3 N–H and O–H groups in total. The predicted molar refractivity (Wildman–Crippen MR) is 107 cm³/mol. The number of benzene rings is 2. The lowest BCUT2D eigenvalue weighted by molar-refractivity contribution is -0.150. The number of carbonyl (C=O) groups is 3. The molecule has 0 aliphatic carbocycles. The molecule has 7 nitrogen and oxygen atoms in total. The fourth-order valence-corrected chi connectivity index (χ4v) is 2.55. The average Bonchev–Trinajstić information content (AvgIpc) is 2.75. The minimum atomic E-state index is -0.943. The molecule has 0 saturated carbocycles. The maximum Gasteiger partial charge on any atom is 0.328 e. The Labute approximate surface area is 170 Å². The third kappa shape index (κ3) is 8.57. The second-order valence-electron chi connectivity index (χ2n) is 6.44. The number of amides is 1. The molecule has 0 aromatic heterocycles. The Bertz CT molecular complexity index is 780. The van der Waals surface area contributed by atoms with Gasteiger partial charge in [-0.05, 0) is 17.5 Å². The van der Waals surface area contributed by atoms with Crippen molar-refractivity contribution in [2.24, 2.45) is 5.73 Å². The van der Waals surface area contributed by atoms with Crippen LogP contribution in [0.5, 0.6) is 0 Å². The van der Waals surface area contributed by atoms with Crippen LogP contribution in [-0.4, -0.2) is 30.4 Å². The van der Waals surface area contributed by atoms with Crippen LogP contribution in [0.4, 0.5) is 0 Å². The van der Waals surface area contributed by atoms with E-state index in [1.165, 1.54) is 0 Å². The molecule has 154 valence electrons. The predicted octanol–water partition coefficient (Wildman–Crippen LogP) is 2.09. The molecule has 29 heavy (non-hydrogen) atoms. The third-order valence-corrected chi connectivity index (χ3v) is 4.09. The SMILES string of the molecule is NCCC(=O)NC(CCC(=O)OCc1ccccc1)C(=O)OCc1ccccc1.